The molecule has 130 valence electrons. The van der Waals surface area contributed by atoms with E-state index >= 15 is 0 Å². The Morgan fingerprint density at radius 2 is 2.00 bits per heavy atom. The van der Waals surface area contributed by atoms with Crippen LogP contribution in [0.1, 0.15) is 45.2 Å². The second kappa shape index (κ2) is 7.49. The Morgan fingerprint density at radius 1 is 1.29 bits per heavy atom. The molecule has 0 saturated carbocycles. The number of nitrogens with zero attached hydrogens (tertiary/aromatic N) is 2. The summed E-state index contributed by atoms with van der Waals surface area (Å²) in [6, 6.07) is 5.37. The van der Waals surface area contributed by atoms with Gasteiger partial charge < -0.3 is 18.6 Å². The first-order valence-corrected chi connectivity index (χ1v) is 7.85. The molecule has 0 unspecified atom stereocenters. The minimum atomic E-state index is -0.502. The van der Waals surface area contributed by atoms with Crippen LogP contribution in [0.2, 0.25) is 0 Å². The normalized spacial score (nSPS) is 12.2. The Kier molecular flexibility index (Phi) is 5.62. The number of ether oxygens (including phenoxy) is 2. The zero-order valence-corrected chi connectivity index (χ0v) is 14.8. The lowest BCUT2D eigenvalue weighted by atomic mass is 10.1. The molecule has 0 aliphatic rings. The molecule has 6 heteroatoms. The van der Waals surface area contributed by atoms with Gasteiger partial charge in [-0.15, -0.1) is 0 Å². The van der Waals surface area contributed by atoms with Crippen LogP contribution in [0.25, 0.3) is 0 Å². The highest BCUT2D eigenvalue weighted by atomic mass is 16.5. The molecule has 6 nitrogen and oxygen atoms in total. The van der Waals surface area contributed by atoms with Crippen molar-refractivity contribution in [2.24, 2.45) is 7.05 Å². The molecule has 1 atom stereocenters. The van der Waals surface area contributed by atoms with E-state index in [1.54, 1.807) is 37.1 Å². The zero-order valence-electron chi connectivity index (χ0n) is 14.8. The summed E-state index contributed by atoms with van der Waals surface area (Å²) in [5, 5.41) is 0. The third-order valence-electron chi connectivity index (χ3n) is 4.12. The molecule has 0 bridgehead atoms. The predicted octanol–water partition coefficient (Wildman–Crippen LogP) is 2.69. The predicted molar refractivity (Wildman–Crippen MR) is 90.5 cm³/mol. The molecule has 2 aromatic heterocycles. The maximum Gasteiger partial charge on any atom is 0.355 e. The summed E-state index contributed by atoms with van der Waals surface area (Å²) in [7, 11) is 3.41. The highest BCUT2D eigenvalue weighted by Gasteiger charge is 2.20. The van der Waals surface area contributed by atoms with Crippen molar-refractivity contribution in [3.8, 4) is 0 Å². The van der Waals surface area contributed by atoms with Crippen LogP contribution in [0.15, 0.2) is 24.4 Å². The van der Waals surface area contributed by atoms with Crippen LogP contribution in [0.3, 0.4) is 0 Å². The largest absolute Gasteiger partial charge is 0.453 e. The van der Waals surface area contributed by atoms with Gasteiger partial charge in [-0.25, -0.2) is 4.79 Å². The van der Waals surface area contributed by atoms with Gasteiger partial charge in [0, 0.05) is 37.3 Å². The highest BCUT2D eigenvalue weighted by Crippen LogP contribution is 2.21. The molecule has 24 heavy (non-hydrogen) atoms. The van der Waals surface area contributed by atoms with Crippen molar-refractivity contribution in [3.63, 3.8) is 0 Å². The Bertz CT molecular complexity index is 742. The monoisotopic (exact) mass is 332 g/mol. The lowest BCUT2D eigenvalue weighted by Crippen LogP contribution is -2.18. The van der Waals surface area contributed by atoms with Crippen molar-refractivity contribution in [1.29, 1.82) is 0 Å². The molecule has 0 radical (unpaired) electrons. The number of ketones is 1. The number of methoxy groups -OCH3 is 1. The summed E-state index contributed by atoms with van der Waals surface area (Å²) >= 11 is 0. The van der Waals surface area contributed by atoms with Gasteiger partial charge >= 0.3 is 5.97 Å². The number of rotatable bonds is 7. The van der Waals surface area contributed by atoms with E-state index in [9.17, 15) is 9.59 Å². The third-order valence-corrected chi connectivity index (χ3v) is 4.12. The number of Topliss-reactive ketones (excluding diaryl/α,β-unsaturated/α-hetero) is 1. The summed E-state index contributed by atoms with van der Waals surface area (Å²) < 4.78 is 14.1. The van der Waals surface area contributed by atoms with Gasteiger partial charge in [0.1, 0.15) is 5.69 Å². The van der Waals surface area contributed by atoms with Crippen molar-refractivity contribution in [2.75, 3.05) is 20.3 Å². The summed E-state index contributed by atoms with van der Waals surface area (Å²) in [5.41, 5.74) is 2.84. The van der Waals surface area contributed by atoms with Gasteiger partial charge in [0.15, 0.2) is 6.61 Å². The molecule has 2 heterocycles. The lowest BCUT2D eigenvalue weighted by Gasteiger charge is -2.17. The number of aromatic nitrogens is 2. The smallest absolute Gasteiger partial charge is 0.355 e. The van der Waals surface area contributed by atoms with E-state index in [1.807, 2.05) is 26.8 Å². The Labute approximate surface area is 142 Å². The SMILES string of the molecule is COC[C@H](C)n1c(C)cc(C(=O)COC(=O)c2cccn2C)c1C. The fraction of sp³-hybridized carbons (Fsp3) is 0.444. The van der Waals surface area contributed by atoms with Crippen LogP contribution in [-0.2, 0) is 16.5 Å². The molecular weight excluding hydrogens is 308 g/mol. The second-order valence-corrected chi connectivity index (χ2v) is 5.96. The zero-order chi connectivity index (χ0) is 17.9. The fourth-order valence-electron chi connectivity index (χ4n) is 3.01. The average molecular weight is 332 g/mol. The minimum Gasteiger partial charge on any atom is -0.453 e. The van der Waals surface area contributed by atoms with Gasteiger partial charge in [-0.05, 0) is 39.0 Å². The summed E-state index contributed by atoms with van der Waals surface area (Å²) in [4.78, 5) is 24.4. The number of hydrogen-bond donors (Lipinski definition) is 0. The summed E-state index contributed by atoms with van der Waals surface area (Å²) in [5.74, 6) is -0.709. The first-order chi connectivity index (χ1) is 11.4. The second-order valence-electron chi connectivity index (χ2n) is 5.96. The summed E-state index contributed by atoms with van der Waals surface area (Å²) in [6.07, 6.45) is 1.75. The lowest BCUT2D eigenvalue weighted by molar-refractivity contribution is 0.0465. The van der Waals surface area contributed by atoms with E-state index in [0.717, 1.165) is 11.4 Å². The molecule has 0 aliphatic heterocycles. The van der Waals surface area contributed by atoms with Gasteiger partial charge in [0.2, 0.25) is 5.78 Å². The van der Waals surface area contributed by atoms with Crippen molar-refractivity contribution < 1.29 is 19.1 Å². The van der Waals surface area contributed by atoms with Crippen molar-refractivity contribution in [3.05, 3.63) is 47.0 Å². The quantitative estimate of drug-likeness (QED) is 0.578. The highest BCUT2D eigenvalue weighted by molar-refractivity contribution is 6.00. The van der Waals surface area contributed by atoms with Crippen LogP contribution >= 0.6 is 0 Å². The van der Waals surface area contributed by atoms with Gasteiger partial charge in [-0.2, -0.15) is 0 Å². The molecule has 0 saturated heterocycles. The molecule has 0 fully saturated rings. The van der Waals surface area contributed by atoms with Crippen LogP contribution in [0.4, 0.5) is 0 Å². The van der Waals surface area contributed by atoms with E-state index in [2.05, 4.69) is 4.57 Å². The van der Waals surface area contributed by atoms with E-state index in [0.29, 0.717) is 17.9 Å². The van der Waals surface area contributed by atoms with Crippen LogP contribution < -0.4 is 0 Å². The molecule has 0 aromatic carbocycles. The van der Waals surface area contributed by atoms with Gasteiger partial charge in [0.05, 0.1) is 12.6 Å². The van der Waals surface area contributed by atoms with Crippen LogP contribution in [0.5, 0.6) is 0 Å². The number of carbonyl (C=O) groups is 2. The van der Waals surface area contributed by atoms with Crippen LogP contribution in [0, 0.1) is 13.8 Å². The number of hydrogen-bond acceptors (Lipinski definition) is 4. The average Bonchev–Trinajstić information content (AvgIpc) is 3.08. The van der Waals surface area contributed by atoms with E-state index in [4.69, 9.17) is 9.47 Å². The number of aryl methyl sites for hydroxylation is 2. The Morgan fingerprint density at radius 3 is 2.58 bits per heavy atom. The van der Waals surface area contributed by atoms with Crippen LogP contribution in [-0.4, -0.2) is 41.2 Å². The van der Waals surface area contributed by atoms with E-state index in [1.165, 1.54) is 0 Å². The number of carbonyl (C=O) groups excluding carboxylic acids is 2. The molecule has 2 rings (SSSR count). The third kappa shape index (κ3) is 3.59. The van der Waals surface area contributed by atoms with Gasteiger partial charge in [-0.3, -0.25) is 4.79 Å². The van der Waals surface area contributed by atoms with E-state index < -0.39 is 5.97 Å². The maximum absolute atomic E-state index is 12.4. The topological polar surface area (TPSA) is 62.5 Å². The Balaban J connectivity index is 2.09. The molecule has 0 N–H and O–H groups in total. The number of esters is 1. The van der Waals surface area contributed by atoms with Gasteiger partial charge in [-0.1, -0.05) is 0 Å². The first kappa shape index (κ1) is 18.0. The van der Waals surface area contributed by atoms with Crippen molar-refractivity contribution in [2.45, 2.75) is 26.8 Å². The molecule has 0 spiro atoms. The summed E-state index contributed by atoms with van der Waals surface area (Å²) in [6.45, 7) is 6.17. The minimum absolute atomic E-state index is 0.127. The molecular formula is C18H24N2O4. The Hall–Kier alpha value is -2.34. The maximum atomic E-state index is 12.4. The molecule has 0 aliphatic carbocycles. The fourth-order valence-corrected chi connectivity index (χ4v) is 3.01. The molecule has 2 aromatic rings. The molecule has 0 amide bonds. The van der Waals surface area contributed by atoms with Crippen molar-refractivity contribution >= 4 is 11.8 Å². The van der Waals surface area contributed by atoms with Crippen molar-refractivity contribution in [1.82, 2.24) is 9.13 Å². The standard InChI is InChI=1S/C18H24N2O4/c1-12-9-15(14(3)20(12)13(2)10-23-5)17(21)11-24-18(22)16-7-6-8-19(16)4/h6-9,13H,10-11H2,1-5H3/t13-/m0/s1. The first-order valence-electron chi connectivity index (χ1n) is 7.85. The van der Waals surface area contributed by atoms with Gasteiger partial charge in [0.25, 0.3) is 0 Å². The van der Waals surface area contributed by atoms with E-state index in [-0.39, 0.29) is 18.4 Å².